The molecule has 16 heavy (non-hydrogen) atoms. The van der Waals surface area contributed by atoms with E-state index in [-0.39, 0.29) is 23.8 Å². The molecule has 1 N–H and O–H groups in total. The van der Waals surface area contributed by atoms with Gasteiger partial charge in [0.2, 0.25) is 5.91 Å². The first-order valence-electron chi connectivity index (χ1n) is 5.89. The van der Waals surface area contributed by atoms with Crippen LogP contribution in [-0.4, -0.2) is 25.0 Å². The van der Waals surface area contributed by atoms with Crippen molar-refractivity contribution in [2.45, 2.75) is 45.6 Å². The summed E-state index contributed by atoms with van der Waals surface area (Å²) < 4.78 is 4.77. The molecule has 1 aliphatic carbocycles. The third-order valence-electron chi connectivity index (χ3n) is 3.39. The smallest absolute Gasteiger partial charge is 0.308 e. The van der Waals surface area contributed by atoms with E-state index < -0.39 is 0 Å². The molecule has 1 fully saturated rings. The zero-order valence-corrected chi connectivity index (χ0v) is 10.3. The van der Waals surface area contributed by atoms with Gasteiger partial charge in [0, 0.05) is 13.0 Å². The molecule has 92 valence electrons. The monoisotopic (exact) mass is 227 g/mol. The number of amides is 1. The van der Waals surface area contributed by atoms with Crippen molar-refractivity contribution in [3.63, 3.8) is 0 Å². The Morgan fingerprint density at radius 2 is 2.06 bits per heavy atom. The number of esters is 1. The van der Waals surface area contributed by atoms with Gasteiger partial charge in [0.1, 0.15) is 0 Å². The maximum atomic E-state index is 11.4. The maximum Gasteiger partial charge on any atom is 0.308 e. The van der Waals surface area contributed by atoms with Crippen LogP contribution in [0.5, 0.6) is 0 Å². The summed E-state index contributed by atoms with van der Waals surface area (Å²) in [6.45, 7) is 3.53. The van der Waals surface area contributed by atoms with Crippen molar-refractivity contribution < 1.29 is 14.3 Å². The van der Waals surface area contributed by atoms with Crippen LogP contribution < -0.4 is 5.32 Å². The van der Waals surface area contributed by atoms with Crippen LogP contribution in [-0.2, 0) is 14.3 Å². The van der Waals surface area contributed by atoms with Gasteiger partial charge in [0.15, 0.2) is 0 Å². The summed E-state index contributed by atoms with van der Waals surface area (Å²) in [4.78, 5) is 22.4. The summed E-state index contributed by atoms with van der Waals surface area (Å²) in [5.74, 6) is 0.286. The number of ether oxygens (including phenoxy) is 1. The summed E-state index contributed by atoms with van der Waals surface area (Å²) in [5, 5.41) is 2.90. The van der Waals surface area contributed by atoms with Crippen molar-refractivity contribution in [2.75, 3.05) is 7.11 Å². The van der Waals surface area contributed by atoms with Crippen LogP contribution in [0.1, 0.15) is 39.5 Å². The molecular weight excluding hydrogens is 206 g/mol. The molecule has 0 spiro atoms. The Hall–Kier alpha value is -1.06. The van der Waals surface area contributed by atoms with Crippen molar-refractivity contribution in [3.8, 4) is 0 Å². The molecule has 0 unspecified atom stereocenters. The van der Waals surface area contributed by atoms with E-state index in [1.807, 2.05) is 6.92 Å². The predicted octanol–water partition coefficient (Wildman–Crippen LogP) is 1.49. The molecule has 0 radical (unpaired) electrons. The highest BCUT2D eigenvalue weighted by atomic mass is 16.5. The zero-order valence-electron chi connectivity index (χ0n) is 10.3. The highest BCUT2D eigenvalue weighted by Crippen LogP contribution is 2.31. The number of carbonyl (C=O) groups is 2. The zero-order chi connectivity index (χ0) is 12.1. The Kier molecular flexibility index (Phi) is 4.77. The molecule has 1 amide bonds. The number of rotatable bonds is 3. The van der Waals surface area contributed by atoms with Crippen molar-refractivity contribution in [2.24, 2.45) is 11.8 Å². The van der Waals surface area contributed by atoms with E-state index in [4.69, 9.17) is 4.74 Å². The minimum atomic E-state index is -0.111. The first-order valence-corrected chi connectivity index (χ1v) is 5.89. The molecule has 0 aromatic rings. The van der Waals surface area contributed by atoms with E-state index in [0.29, 0.717) is 5.92 Å². The largest absolute Gasteiger partial charge is 0.469 e. The minimum Gasteiger partial charge on any atom is -0.469 e. The van der Waals surface area contributed by atoms with Gasteiger partial charge in [-0.05, 0) is 32.1 Å². The summed E-state index contributed by atoms with van der Waals surface area (Å²) in [5.41, 5.74) is 0. The summed E-state index contributed by atoms with van der Waals surface area (Å²) in [6, 6.07) is 0.143. The van der Waals surface area contributed by atoms with E-state index in [2.05, 4.69) is 5.32 Å². The number of hydrogen-bond donors (Lipinski definition) is 1. The molecule has 3 atom stereocenters. The van der Waals surface area contributed by atoms with Crippen LogP contribution in [0.2, 0.25) is 0 Å². The fraction of sp³-hybridized carbons (Fsp3) is 0.833. The van der Waals surface area contributed by atoms with Crippen LogP contribution >= 0.6 is 0 Å². The van der Waals surface area contributed by atoms with E-state index in [0.717, 1.165) is 25.7 Å². The second-order valence-electron chi connectivity index (χ2n) is 4.64. The van der Waals surface area contributed by atoms with Gasteiger partial charge >= 0.3 is 5.97 Å². The van der Waals surface area contributed by atoms with Gasteiger partial charge in [-0.25, -0.2) is 0 Å². The quantitative estimate of drug-likeness (QED) is 0.743. The van der Waals surface area contributed by atoms with Gasteiger partial charge in [0.05, 0.1) is 13.0 Å². The highest BCUT2D eigenvalue weighted by molar-refractivity contribution is 5.73. The van der Waals surface area contributed by atoms with Crippen LogP contribution in [0.3, 0.4) is 0 Å². The van der Waals surface area contributed by atoms with Crippen molar-refractivity contribution in [1.29, 1.82) is 0 Å². The first kappa shape index (κ1) is 13.0. The van der Waals surface area contributed by atoms with Crippen LogP contribution in [0.25, 0.3) is 0 Å². The highest BCUT2D eigenvalue weighted by Gasteiger charge is 2.30. The lowest BCUT2D eigenvalue weighted by atomic mass is 9.78. The second kappa shape index (κ2) is 5.87. The number of nitrogens with one attached hydrogen (secondary N) is 1. The number of carbonyl (C=O) groups excluding carboxylic acids is 2. The Bertz CT molecular complexity index is 265. The molecule has 4 nitrogen and oxygen atoms in total. The van der Waals surface area contributed by atoms with Crippen molar-refractivity contribution >= 4 is 11.9 Å². The topological polar surface area (TPSA) is 55.4 Å². The fourth-order valence-electron chi connectivity index (χ4n) is 2.50. The average Bonchev–Trinajstić information content (AvgIpc) is 2.27. The number of methoxy groups -OCH3 is 1. The van der Waals surface area contributed by atoms with Gasteiger partial charge in [-0.3, -0.25) is 9.59 Å². The van der Waals surface area contributed by atoms with Gasteiger partial charge < -0.3 is 10.1 Å². The van der Waals surface area contributed by atoms with Crippen molar-refractivity contribution in [1.82, 2.24) is 5.32 Å². The molecule has 1 rings (SSSR count). The molecule has 0 aliphatic heterocycles. The summed E-state index contributed by atoms with van der Waals surface area (Å²) in [6.07, 6.45) is 3.85. The normalized spacial score (nSPS) is 26.9. The minimum absolute atomic E-state index is 0.00677. The Balaban J connectivity index is 2.49. The molecule has 0 aromatic carbocycles. The van der Waals surface area contributed by atoms with Gasteiger partial charge in [0.25, 0.3) is 0 Å². The second-order valence-corrected chi connectivity index (χ2v) is 4.64. The Labute approximate surface area is 96.7 Å². The third-order valence-corrected chi connectivity index (χ3v) is 3.39. The van der Waals surface area contributed by atoms with Crippen LogP contribution in [0.15, 0.2) is 0 Å². The van der Waals surface area contributed by atoms with E-state index in [9.17, 15) is 9.59 Å². The van der Waals surface area contributed by atoms with Crippen LogP contribution in [0, 0.1) is 11.8 Å². The summed E-state index contributed by atoms with van der Waals surface area (Å²) >= 11 is 0. The molecule has 0 heterocycles. The molecule has 0 saturated heterocycles. The molecular formula is C12H21NO3. The molecule has 1 aliphatic rings. The number of hydrogen-bond acceptors (Lipinski definition) is 3. The van der Waals surface area contributed by atoms with Gasteiger partial charge in [-0.2, -0.15) is 0 Å². The SMILES string of the molecule is COC(=O)[C@@H]1CCC[C@H]([C@H](C)NC(C)=O)C1. The van der Waals surface area contributed by atoms with Gasteiger partial charge in [-0.1, -0.05) is 6.42 Å². The lowest BCUT2D eigenvalue weighted by Crippen LogP contribution is -2.39. The van der Waals surface area contributed by atoms with E-state index >= 15 is 0 Å². The predicted molar refractivity (Wildman–Crippen MR) is 60.7 cm³/mol. The first-order chi connectivity index (χ1) is 7.54. The van der Waals surface area contributed by atoms with E-state index in [1.54, 1.807) is 0 Å². The molecule has 4 heteroatoms. The molecule has 0 bridgehead atoms. The van der Waals surface area contributed by atoms with Crippen molar-refractivity contribution in [3.05, 3.63) is 0 Å². The molecule has 0 aromatic heterocycles. The Morgan fingerprint density at radius 1 is 1.38 bits per heavy atom. The third kappa shape index (κ3) is 3.51. The Morgan fingerprint density at radius 3 is 2.62 bits per heavy atom. The standard InChI is InChI=1S/C12H21NO3/c1-8(13-9(2)14)10-5-4-6-11(7-10)12(15)16-3/h8,10-11H,4-7H2,1-3H3,(H,13,14)/t8-,10-,11+/m0/s1. The maximum absolute atomic E-state index is 11.4. The summed E-state index contributed by atoms with van der Waals surface area (Å²) in [7, 11) is 1.43. The lowest BCUT2D eigenvalue weighted by Gasteiger charge is -2.31. The van der Waals surface area contributed by atoms with E-state index in [1.165, 1.54) is 14.0 Å². The average molecular weight is 227 g/mol. The van der Waals surface area contributed by atoms with Gasteiger partial charge in [-0.15, -0.1) is 0 Å². The molecule has 1 saturated carbocycles. The van der Waals surface area contributed by atoms with Crippen LogP contribution in [0.4, 0.5) is 0 Å². The fourth-order valence-corrected chi connectivity index (χ4v) is 2.50. The lowest BCUT2D eigenvalue weighted by molar-refractivity contribution is -0.147.